The van der Waals surface area contributed by atoms with E-state index in [0.717, 1.165) is 16.5 Å². The first-order valence-electron chi connectivity index (χ1n) is 7.70. The number of carbonyl (C=O) groups is 1. The number of halogens is 1. The van der Waals surface area contributed by atoms with Crippen LogP contribution in [0.1, 0.15) is 32.8 Å². The first-order valence-corrected chi connectivity index (χ1v) is 9.72. The highest BCUT2D eigenvalue weighted by Crippen LogP contribution is 2.39. The summed E-state index contributed by atoms with van der Waals surface area (Å²) in [5.74, 6) is 1.24. The topological polar surface area (TPSA) is 38.8 Å². The van der Waals surface area contributed by atoms with Crippen LogP contribution in [-0.2, 0) is 4.79 Å². The minimum absolute atomic E-state index is 0.0532. The van der Waals surface area contributed by atoms with Gasteiger partial charge in [-0.25, -0.2) is 0 Å². The number of rotatable bonds is 6. The normalized spacial score (nSPS) is 17.5. The van der Waals surface area contributed by atoms with Gasteiger partial charge in [0.05, 0.1) is 22.6 Å². The summed E-state index contributed by atoms with van der Waals surface area (Å²) in [6.45, 7) is 6.57. The van der Waals surface area contributed by atoms with Crippen LogP contribution < -0.4 is 9.47 Å². The highest BCUT2D eigenvalue weighted by molar-refractivity contribution is 9.10. The average molecular weight is 430 g/mol. The molecule has 0 saturated carbocycles. The molecule has 1 aliphatic rings. The summed E-state index contributed by atoms with van der Waals surface area (Å²) in [6.07, 6.45) is 2.81. The van der Waals surface area contributed by atoms with Gasteiger partial charge in [0.2, 0.25) is 0 Å². The maximum absolute atomic E-state index is 12.3. The maximum Gasteiger partial charge on any atom is 0.266 e. The molecule has 1 aliphatic heterocycles. The molecule has 0 radical (unpaired) electrons. The van der Waals surface area contributed by atoms with Crippen LogP contribution in [0.4, 0.5) is 0 Å². The fourth-order valence-electron chi connectivity index (χ4n) is 2.15. The lowest BCUT2D eigenvalue weighted by molar-refractivity contribution is -0.121. The van der Waals surface area contributed by atoms with Crippen LogP contribution in [0.15, 0.2) is 21.5 Å². The number of ether oxygens (including phenoxy) is 2. The molecule has 0 aromatic heterocycles. The summed E-state index contributed by atoms with van der Waals surface area (Å²) in [7, 11) is 1.60. The Morgan fingerprint density at radius 2 is 2.12 bits per heavy atom. The maximum atomic E-state index is 12.3. The molecule has 2 rings (SSSR count). The van der Waals surface area contributed by atoms with Crippen LogP contribution in [0.5, 0.6) is 11.5 Å². The number of methoxy groups -OCH3 is 1. The second-order valence-corrected chi connectivity index (χ2v) is 7.83. The second kappa shape index (κ2) is 8.36. The van der Waals surface area contributed by atoms with Crippen molar-refractivity contribution in [1.29, 1.82) is 0 Å². The van der Waals surface area contributed by atoms with Crippen molar-refractivity contribution in [1.82, 2.24) is 4.90 Å². The van der Waals surface area contributed by atoms with E-state index in [2.05, 4.69) is 22.9 Å². The predicted octanol–water partition coefficient (Wildman–Crippen LogP) is 4.86. The summed E-state index contributed by atoms with van der Waals surface area (Å²) in [5, 5.41) is 0. The van der Waals surface area contributed by atoms with Crippen molar-refractivity contribution in [2.45, 2.75) is 33.3 Å². The molecule has 0 spiro atoms. The summed E-state index contributed by atoms with van der Waals surface area (Å²) in [6, 6.07) is 3.78. The molecule has 4 nitrogen and oxygen atoms in total. The van der Waals surface area contributed by atoms with Crippen molar-refractivity contribution in [2.24, 2.45) is 0 Å². The van der Waals surface area contributed by atoms with Gasteiger partial charge in [-0.2, -0.15) is 0 Å². The summed E-state index contributed by atoms with van der Waals surface area (Å²) in [5.41, 5.74) is 0.854. The van der Waals surface area contributed by atoms with Crippen LogP contribution in [0.25, 0.3) is 6.08 Å². The van der Waals surface area contributed by atoms with Gasteiger partial charge in [-0.1, -0.05) is 30.9 Å². The Labute approximate surface area is 160 Å². The standard InChI is InChI=1S/C17H20BrNO3S2/c1-5-10(3)22-15-12(18)7-11(8-13(15)21-4)9-14-16(20)19(6-2)17(23)24-14/h7-10H,5-6H2,1-4H3/b14-9-/t10-/m0/s1. The molecular weight excluding hydrogens is 410 g/mol. The number of amides is 1. The van der Waals surface area contributed by atoms with E-state index in [-0.39, 0.29) is 12.0 Å². The molecule has 1 atom stereocenters. The van der Waals surface area contributed by atoms with Crippen LogP contribution in [-0.4, -0.2) is 34.9 Å². The minimum atomic E-state index is -0.0532. The van der Waals surface area contributed by atoms with Gasteiger partial charge in [0.1, 0.15) is 4.32 Å². The van der Waals surface area contributed by atoms with Crippen LogP contribution in [0.2, 0.25) is 0 Å². The lowest BCUT2D eigenvalue weighted by atomic mass is 10.1. The van der Waals surface area contributed by atoms with Gasteiger partial charge in [-0.3, -0.25) is 9.69 Å². The van der Waals surface area contributed by atoms with Crippen molar-refractivity contribution >= 4 is 56.2 Å². The lowest BCUT2D eigenvalue weighted by Gasteiger charge is -2.17. The van der Waals surface area contributed by atoms with Crippen LogP contribution >= 0.6 is 39.9 Å². The van der Waals surface area contributed by atoms with Gasteiger partial charge < -0.3 is 9.47 Å². The highest BCUT2D eigenvalue weighted by atomic mass is 79.9. The predicted molar refractivity (Wildman–Crippen MR) is 107 cm³/mol. The lowest BCUT2D eigenvalue weighted by Crippen LogP contribution is -2.27. The molecule has 130 valence electrons. The van der Waals surface area contributed by atoms with Crippen LogP contribution in [0, 0.1) is 0 Å². The molecule has 24 heavy (non-hydrogen) atoms. The number of nitrogens with zero attached hydrogens (tertiary/aromatic N) is 1. The first kappa shape index (κ1) is 19.3. The SMILES string of the molecule is CC[C@H](C)Oc1c(Br)cc(/C=C2\SC(=S)N(CC)C2=O)cc1OC. The van der Waals surface area contributed by atoms with Crippen molar-refractivity contribution in [3.63, 3.8) is 0 Å². The largest absolute Gasteiger partial charge is 0.493 e. The quantitative estimate of drug-likeness (QED) is 0.476. The Bertz CT molecular complexity index is 691. The third-order valence-electron chi connectivity index (χ3n) is 3.63. The average Bonchev–Trinajstić information content (AvgIpc) is 2.82. The zero-order valence-electron chi connectivity index (χ0n) is 14.1. The van der Waals surface area contributed by atoms with Gasteiger partial charge >= 0.3 is 0 Å². The van der Waals surface area contributed by atoms with Gasteiger partial charge in [-0.05, 0) is 60.0 Å². The summed E-state index contributed by atoms with van der Waals surface area (Å²) < 4.78 is 12.8. The number of thioether (sulfide) groups is 1. The molecule has 1 aromatic carbocycles. The number of thiocarbonyl (C=S) groups is 1. The Morgan fingerprint density at radius 1 is 1.42 bits per heavy atom. The van der Waals surface area contributed by atoms with E-state index in [1.807, 2.05) is 32.1 Å². The fraction of sp³-hybridized carbons (Fsp3) is 0.412. The smallest absolute Gasteiger partial charge is 0.266 e. The van der Waals surface area contributed by atoms with Crippen LogP contribution in [0.3, 0.4) is 0 Å². The number of hydrogen-bond donors (Lipinski definition) is 0. The molecule has 1 saturated heterocycles. The number of likely N-dealkylation sites (N-methyl/N-ethyl adjacent to an activating group) is 1. The number of benzene rings is 1. The van der Waals surface area contributed by atoms with E-state index in [1.54, 1.807) is 12.0 Å². The van der Waals surface area contributed by atoms with Crippen molar-refractivity contribution in [3.8, 4) is 11.5 Å². The molecule has 1 fully saturated rings. The molecule has 1 amide bonds. The Kier molecular flexibility index (Phi) is 6.71. The fourth-order valence-corrected chi connectivity index (χ4v) is 4.08. The molecule has 1 heterocycles. The molecule has 1 aromatic rings. The van der Waals surface area contributed by atoms with E-state index >= 15 is 0 Å². The zero-order chi connectivity index (χ0) is 17.9. The number of carbonyl (C=O) groups excluding carboxylic acids is 1. The summed E-state index contributed by atoms with van der Waals surface area (Å²) in [4.78, 5) is 14.5. The molecular formula is C17H20BrNO3S2. The third kappa shape index (κ3) is 4.13. The Morgan fingerprint density at radius 3 is 2.67 bits per heavy atom. The van der Waals surface area contributed by atoms with Gasteiger partial charge in [0, 0.05) is 6.54 Å². The number of hydrogen-bond acceptors (Lipinski definition) is 5. The van der Waals surface area contributed by atoms with Crippen molar-refractivity contribution in [2.75, 3.05) is 13.7 Å². The molecule has 7 heteroatoms. The highest BCUT2D eigenvalue weighted by Gasteiger charge is 2.30. The summed E-state index contributed by atoms with van der Waals surface area (Å²) >= 11 is 10.1. The molecule has 0 bridgehead atoms. The van der Waals surface area contributed by atoms with Crippen molar-refractivity contribution < 1.29 is 14.3 Å². The zero-order valence-corrected chi connectivity index (χ0v) is 17.3. The first-order chi connectivity index (χ1) is 11.4. The third-order valence-corrected chi connectivity index (χ3v) is 5.60. The second-order valence-electron chi connectivity index (χ2n) is 5.30. The van der Waals surface area contributed by atoms with E-state index in [4.69, 9.17) is 21.7 Å². The van der Waals surface area contributed by atoms with Crippen molar-refractivity contribution in [3.05, 3.63) is 27.1 Å². The van der Waals surface area contributed by atoms with Gasteiger partial charge in [0.15, 0.2) is 11.5 Å². The Balaban J connectivity index is 2.36. The van der Waals surface area contributed by atoms with E-state index < -0.39 is 0 Å². The van der Waals surface area contributed by atoms with Gasteiger partial charge in [0.25, 0.3) is 5.91 Å². The minimum Gasteiger partial charge on any atom is -0.493 e. The molecule has 0 aliphatic carbocycles. The Hall–Kier alpha value is -1.05. The van der Waals surface area contributed by atoms with E-state index in [9.17, 15) is 4.79 Å². The van der Waals surface area contributed by atoms with Gasteiger partial charge in [-0.15, -0.1) is 0 Å². The molecule has 0 N–H and O–H groups in total. The van der Waals surface area contributed by atoms with E-state index in [1.165, 1.54) is 11.8 Å². The molecule has 0 unspecified atom stereocenters. The van der Waals surface area contributed by atoms with E-state index in [0.29, 0.717) is 27.3 Å². The monoisotopic (exact) mass is 429 g/mol.